The molecule has 0 saturated carbocycles. The Hall–Kier alpha value is -2.36. The van der Waals surface area contributed by atoms with Crippen LogP contribution in [0.3, 0.4) is 0 Å². The maximum absolute atomic E-state index is 13.1. The van der Waals surface area contributed by atoms with E-state index in [9.17, 15) is 13.2 Å². The van der Waals surface area contributed by atoms with Gasteiger partial charge in [-0.2, -0.15) is 13.2 Å². The molecule has 20 heavy (non-hydrogen) atoms. The minimum absolute atomic E-state index is 0.131. The van der Waals surface area contributed by atoms with Crippen molar-refractivity contribution < 1.29 is 14.5 Å². The summed E-state index contributed by atoms with van der Waals surface area (Å²) in [6, 6.07) is 13.6. The molecule has 100 valence electrons. The molecule has 1 heterocycles. The van der Waals surface area contributed by atoms with Crippen LogP contribution in [0, 0.1) is 0 Å². The first-order valence-electron chi connectivity index (χ1n) is 6.49. The normalized spacial score (nSPS) is 12.4. The highest BCUT2D eigenvalue weighted by Crippen LogP contribution is 2.37. The first kappa shape index (κ1) is 11.5. The summed E-state index contributed by atoms with van der Waals surface area (Å²) in [5.74, 6) is 0. The van der Waals surface area contributed by atoms with E-state index in [0.717, 1.165) is 6.07 Å². The minimum atomic E-state index is -4.39. The third kappa shape index (κ3) is 2.25. The number of hydrogen-bond donors (Lipinski definition) is 0. The van der Waals surface area contributed by atoms with Crippen molar-refractivity contribution in [1.82, 2.24) is 4.98 Å². The molecule has 0 saturated heterocycles. The van der Waals surface area contributed by atoms with Crippen LogP contribution in [-0.2, 0) is 6.18 Å². The van der Waals surface area contributed by atoms with E-state index in [1.165, 1.54) is 18.2 Å². The van der Waals surface area contributed by atoms with Crippen LogP contribution in [0.25, 0.3) is 22.0 Å². The number of nitrogens with zero attached hydrogens (tertiary/aromatic N) is 1. The number of pyridine rings is 1. The smallest absolute Gasteiger partial charge is 0.256 e. The molecule has 0 aliphatic rings. The van der Waals surface area contributed by atoms with Gasteiger partial charge in [0.2, 0.25) is 0 Å². The van der Waals surface area contributed by atoms with Crippen LogP contribution in [0.1, 0.15) is 6.93 Å². The molecular weight excluding hydrogens is 263 g/mol. The molecule has 1 aromatic heterocycles. The van der Waals surface area contributed by atoms with E-state index in [-0.39, 0.29) is 11.7 Å². The second kappa shape index (κ2) is 4.63. The van der Waals surface area contributed by atoms with E-state index < -0.39 is 11.7 Å². The minimum Gasteiger partial charge on any atom is -0.256 e. The highest BCUT2D eigenvalue weighted by Gasteiger charge is 2.33. The number of benzene rings is 2. The molecule has 0 bridgehead atoms. The predicted molar refractivity (Wildman–Crippen MR) is 72.2 cm³/mol. The van der Waals surface area contributed by atoms with Crippen molar-refractivity contribution in [3.63, 3.8) is 0 Å². The average molecular weight is 274 g/mol. The second-order valence-electron chi connectivity index (χ2n) is 4.39. The third-order valence-corrected chi connectivity index (χ3v) is 3.09. The van der Waals surface area contributed by atoms with Gasteiger partial charge in [0.1, 0.15) is 0 Å². The number of rotatable bonds is 1. The fourth-order valence-corrected chi connectivity index (χ4v) is 2.17. The van der Waals surface area contributed by atoms with E-state index in [2.05, 4.69) is 4.98 Å². The van der Waals surface area contributed by atoms with Crippen molar-refractivity contribution in [2.75, 3.05) is 0 Å². The summed E-state index contributed by atoms with van der Waals surface area (Å²) in [6.45, 7) is 0. The van der Waals surface area contributed by atoms with Gasteiger partial charge < -0.3 is 0 Å². The van der Waals surface area contributed by atoms with E-state index in [4.69, 9.17) is 1.37 Å². The van der Waals surface area contributed by atoms with Crippen molar-refractivity contribution in [3.8, 4) is 11.1 Å². The van der Waals surface area contributed by atoms with Crippen molar-refractivity contribution >= 4 is 10.9 Å². The third-order valence-electron chi connectivity index (χ3n) is 3.09. The van der Waals surface area contributed by atoms with Crippen LogP contribution in [0.2, 0.25) is 0 Å². The maximum Gasteiger partial charge on any atom is 0.417 e. The molecular formula is C16H10F3N. The molecule has 4 heteroatoms. The molecule has 0 atom stereocenters. The number of halogens is 3. The summed E-state index contributed by atoms with van der Waals surface area (Å²) in [4.78, 5) is 4.03. The standard InChI is InChI=1S/C16H10F3N/c17-16(18,19)14-6-2-1-5-13(14)11-7-8-15-12(10-11)4-3-9-20-15/h1-10H/i9D. The average Bonchev–Trinajstić information content (AvgIpc) is 2.46. The largest absolute Gasteiger partial charge is 0.417 e. The maximum atomic E-state index is 13.1. The van der Waals surface area contributed by atoms with Crippen molar-refractivity contribution in [1.29, 1.82) is 0 Å². The first-order valence-corrected chi connectivity index (χ1v) is 5.99. The number of hydrogen-bond acceptors (Lipinski definition) is 1. The van der Waals surface area contributed by atoms with E-state index in [1.54, 1.807) is 30.3 Å². The number of alkyl halides is 3. The van der Waals surface area contributed by atoms with Gasteiger partial charge in [-0.3, -0.25) is 4.98 Å². The molecule has 1 nitrogen and oxygen atoms in total. The Kier molecular flexibility index (Phi) is 2.66. The topological polar surface area (TPSA) is 12.9 Å². The molecule has 0 fully saturated rings. The molecule has 0 amide bonds. The summed E-state index contributed by atoms with van der Waals surface area (Å²) < 4.78 is 46.6. The zero-order chi connectivity index (χ0) is 15.0. The van der Waals surface area contributed by atoms with Crippen LogP contribution in [0.15, 0.2) is 60.8 Å². The van der Waals surface area contributed by atoms with Crippen molar-refractivity contribution in [2.24, 2.45) is 0 Å². The summed E-state index contributed by atoms with van der Waals surface area (Å²) in [5, 5.41) is 0.709. The van der Waals surface area contributed by atoms with Crippen molar-refractivity contribution in [3.05, 3.63) is 66.3 Å². The van der Waals surface area contributed by atoms with Gasteiger partial charge in [-0.15, -0.1) is 0 Å². The molecule has 0 radical (unpaired) electrons. The molecule has 0 aliphatic heterocycles. The second-order valence-corrected chi connectivity index (χ2v) is 4.39. The van der Waals surface area contributed by atoms with Gasteiger partial charge in [-0.05, 0) is 35.4 Å². The van der Waals surface area contributed by atoms with E-state index in [1.807, 2.05) is 0 Å². The Morgan fingerprint density at radius 2 is 1.75 bits per heavy atom. The van der Waals surface area contributed by atoms with Gasteiger partial charge in [0.15, 0.2) is 0 Å². The Morgan fingerprint density at radius 1 is 0.950 bits per heavy atom. The molecule has 2 aromatic carbocycles. The van der Waals surface area contributed by atoms with Gasteiger partial charge in [0, 0.05) is 11.6 Å². The zero-order valence-corrected chi connectivity index (χ0v) is 10.3. The number of fused-ring (bicyclic) bond motifs is 1. The monoisotopic (exact) mass is 274 g/mol. The lowest BCUT2D eigenvalue weighted by Crippen LogP contribution is -2.06. The summed E-state index contributed by atoms with van der Waals surface area (Å²) >= 11 is 0. The zero-order valence-electron chi connectivity index (χ0n) is 11.3. The van der Waals surface area contributed by atoms with Gasteiger partial charge in [0.05, 0.1) is 12.5 Å². The molecule has 0 N–H and O–H groups in total. The van der Waals surface area contributed by atoms with E-state index >= 15 is 0 Å². The number of aromatic nitrogens is 1. The molecule has 0 spiro atoms. The highest BCUT2D eigenvalue weighted by molar-refractivity contribution is 5.85. The van der Waals surface area contributed by atoms with Crippen LogP contribution < -0.4 is 0 Å². The lowest BCUT2D eigenvalue weighted by molar-refractivity contribution is -0.137. The van der Waals surface area contributed by atoms with Gasteiger partial charge in [0.25, 0.3) is 0 Å². The van der Waals surface area contributed by atoms with Crippen LogP contribution in [0.4, 0.5) is 13.2 Å². The molecule has 3 rings (SSSR count). The van der Waals surface area contributed by atoms with Gasteiger partial charge in [-0.25, -0.2) is 0 Å². The lowest BCUT2D eigenvalue weighted by Gasteiger charge is -2.13. The van der Waals surface area contributed by atoms with Gasteiger partial charge in [-0.1, -0.05) is 30.3 Å². The molecule has 0 aliphatic carbocycles. The van der Waals surface area contributed by atoms with Gasteiger partial charge >= 0.3 is 6.18 Å². The SMILES string of the molecule is [2H]c1ccc2cc(-c3ccccc3C(F)(F)F)ccc2n1. The lowest BCUT2D eigenvalue weighted by atomic mass is 9.98. The highest BCUT2D eigenvalue weighted by atomic mass is 19.4. The Bertz CT molecular complexity index is 812. The Balaban J connectivity index is 2.19. The summed E-state index contributed by atoms with van der Waals surface area (Å²) in [7, 11) is 0. The summed E-state index contributed by atoms with van der Waals surface area (Å²) in [6.07, 6.45) is -4.26. The van der Waals surface area contributed by atoms with Crippen LogP contribution in [-0.4, -0.2) is 4.98 Å². The fraction of sp³-hybridized carbons (Fsp3) is 0.0625. The quantitative estimate of drug-likeness (QED) is 0.613. The predicted octanol–water partition coefficient (Wildman–Crippen LogP) is 4.92. The Labute approximate surface area is 115 Å². The molecule has 0 unspecified atom stereocenters. The van der Waals surface area contributed by atoms with Crippen LogP contribution >= 0.6 is 0 Å². The fourth-order valence-electron chi connectivity index (χ4n) is 2.17. The van der Waals surface area contributed by atoms with E-state index in [0.29, 0.717) is 16.5 Å². The first-order chi connectivity index (χ1) is 9.95. The van der Waals surface area contributed by atoms with Crippen LogP contribution in [0.5, 0.6) is 0 Å². The Morgan fingerprint density at radius 3 is 2.55 bits per heavy atom. The summed E-state index contributed by atoms with van der Waals surface area (Å²) in [5.41, 5.74) is 0.557. The van der Waals surface area contributed by atoms with Crippen molar-refractivity contribution in [2.45, 2.75) is 6.18 Å². The molecule has 3 aromatic rings.